The van der Waals surface area contributed by atoms with E-state index in [1.165, 1.54) is 30.3 Å². The molecule has 12 heteroatoms. The Balaban J connectivity index is 1.75. The Labute approximate surface area is 167 Å². The molecule has 0 saturated heterocycles. The maximum absolute atomic E-state index is 12.9. The van der Waals surface area contributed by atoms with E-state index in [2.05, 4.69) is 20.2 Å². The fourth-order valence-electron chi connectivity index (χ4n) is 1.92. The van der Waals surface area contributed by atoms with Crippen molar-refractivity contribution in [3.05, 3.63) is 63.9 Å². The molecule has 1 aromatic heterocycles. The molecule has 140 valence electrons. The topological polar surface area (TPSA) is 101 Å². The molecule has 0 spiro atoms. The number of anilines is 2. The molecule has 0 fully saturated rings. The minimum absolute atomic E-state index is 0.0366. The summed E-state index contributed by atoms with van der Waals surface area (Å²) in [6.07, 6.45) is 0. The molecular formula is C15H9Cl2FN4O3S2. The van der Waals surface area contributed by atoms with Crippen LogP contribution in [0.2, 0.25) is 10.0 Å². The molecule has 0 unspecified atom stereocenters. The van der Waals surface area contributed by atoms with Crippen molar-refractivity contribution in [3.8, 4) is 0 Å². The summed E-state index contributed by atoms with van der Waals surface area (Å²) >= 11 is 12.4. The first-order chi connectivity index (χ1) is 12.7. The molecular weight excluding hydrogens is 438 g/mol. The standard InChI is InChI=1S/C15H9Cl2FN4O3S2/c16-8-1-6-11(12(17)7-8)13(23)19-14-20-21-15(26-14)27(24,25)22-10-4-2-9(18)3-5-10/h1-7,22H,(H,19,20,23). The zero-order chi connectivity index (χ0) is 19.6. The van der Waals surface area contributed by atoms with E-state index in [4.69, 9.17) is 23.2 Å². The Bertz CT molecular complexity index is 1100. The summed E-state index contributed by atoms with van der Waals surface area (Å²) in [5.74, 6) is -1.09. The minimum Gasteiger partial charge on any atom is -0.296 e. The molecule has 0 bridgehead atoms. The third kappa shape index (κ3) is 4.72. The van der Waals surface area contributed by atoms with Gasteiger partial charge in [0.15, 0.2) is 0 Å². The van der Waals surface area contributed by atoms with Crippen LogP contribution in [-0.2, 0) is 10.0 Å². The largest absolute Gasteiger partial charge is 0.296 e. The summed E-state index contributed by atoms with van der Waals surface area (Å²) in [6.45, 7) is 0. The van der Waals surface area contributed by atoms with Crippen LogP contribution in [0.15, 0.2) is 46.8 Å². The molecule has 2 aromatic carbocycles. The smallest absolute Gasteiger partial charge is 0.291 e. The number of nitrogens with zero attached hydrogens (tertiary/aromatic N) is 2. The van der Waals surface area contributed by atoms with E-state index in [1.807, 2.05) is 0 Å². The van der Waals surface area contributed by atoms with Crippen LogP contribution in [0.25, 0.3) is 0 Å². The maximum atomic E-state index is 12.9. The lowest BCUT2D eigenvalue weighted by molar-refractivity contribution is 0.102. The van der Waals surface area contributed by atoms with Crippen molar-refractivity contribution < 1.29 is 17.6 Å². The van der Waals surface area contributed by atoms with Gasteiger partial charge in [-0.1, -0.05) is 34.5 Å². The number of benzene rings is 2. The van der Waals surface area contributed by atoms with Crippen LogP contribution >= 0.6 is 34.5 Å². The van der Waals surface area contributed by atoms with Crippen molar-refractivity contribution in [1.29, 1.82) is 0 Å². The zero-order valence-corrected chi connectivity index (χ0v) is 16.3. The van der Waals surface area contributed by atoms with Gasteiger partial charge in [-0.3, -0.25) is 14.8 Å². The maximum Gasteiger partial charge on any atom is 0.291 e. The number of rotatable bonds is 5. The number of sulfonamides is 1. The number of halogens is 3. The second-order valence-corrected chi connectivity index (χ2v) is 8.74. The van der Waals surface area contributed by atoms with Gasteiger partial charge in [0.05, 0.1) is 10.6 Å². The van der Waals surface area contributed by atoms with Gasteiger partial charge >= 0.3 is 0 Å². The van der Waals surface area contributed by atoms with E-state index >= 15 is 0 Å². The molecule has 0 aliphatic heterocycles. The lowest BCUT2D eigenvalue weighted by Gasteiger charge is -2.04. The molecule has 2 N–H and O–H groups in total. The van der Waals surface area contributed by atoms with E-state index < -0.39 is 21.7 Å². The molecule has 27 heavy (non-hydrogen) atoms. The van der Waals surface area contributed by atoms with Gasteiger partial charge in [0.1, 0.15) is 5.82 Å². The minimum atomic E-state index is -4.04. The van der Waals surface area contributed by atoms with Crippen LogP contribution in [0, 0.1) is 5.82 Å². The molecule has 0 saturated carbocycles. The van der Waals surface area contributed by atoms with Crippen molar-refractivity contribution in [2.75, 3.05) is 10.0 Å². The van der Waals surface area contributed by atoms with Crippen molar-refractivity contribution >= 4 is 61.3 Å². The third-order valence-corrected chi connectivity index (χ3v) is 6.26. The number of carbonyl (C=O) groups is 1. The van der Waals surface area contributed by atoms with Crippen molar-refractivity contribution in [2.45, 2.75) is 4.34 Å². The average molecular weight is 447 g/mol. The first kappa shape index (κ1) is 19.5. The molecule has 0 aliphatic rings. The highest BCUT2D eigenvalue weighted by molar-refractivity contribution is 7.94. The summed E-state index contributed by atoms with van der Waals surface area (Å²) in [5, 5.41) is 10.1. The van der Waals surface area contributed by atoms with Gasteiger partial charge < -0.3 is 0 Å². The van der Waals surface area contributed by atoms with Crippen LogP contribution in [-0.4, -0.2) is 24.5 Å². The molecule has 7 nitrogen and oxygen atoms in total. The summed E-state index contributed by atoms with van der Waals surface area (Å²) in [6, 6.07) is 9.07. The Morgan fingerprint density at radius 3 is 2.44 bits per heavy atom. The van der Waals surface area contributed by atoms with Gasteiger partial charge in [-0.05, 0) is 42.5 Å². The van der Waals surface area contributed by atoms with Gasteiger partial charge in [-0.2, -0.15) is 8.42 Å². The fraction of sp³-hybridized carbons (Fsp3) is 0. The van der Waals surface area contributed by atoms with Crippen LogP contribution in [0.4, 0.5) is 15.2 Å². The van der Waals surface area contributed by atoms with Crippen LogP contribution in [0.5, 0.6) is 0 Å². The number of hydrogen-bond donors (Lipinski definition) is 2. The van der Waals surface area contributed by atoms with Gasteiger partial charge in [0.2, 0.25) is 5.13 Å². The van der Waals surface area contributed by atoms with Crippen molar-refractivity contribution in [3.63, 3.8) is 0 Å². The molecule has 3 rings (SSSR count). The highest BCUT2D eigenvalue weighted by Crippen LogP contribution is 2.25. The van der Waals surface area contributed by atoms with E-state index in [1.54, 1.807) is 0 Å². The summed E-state index contributed by atoms with van der Waals surface area (Å²) in [7, 11) is -4.04. The first-order valence-electron chi connectivity index (χ1n) is 7.13. The molecule has 0 atom stereocenters. The predicted molar refractivity (Wildman–Crippen MR) is 102 cm³/mol. The second-order valence-electron chi connectivity index (χ2n) is 5.06. The fourth-order valence-corrected chi connectivity index (χ4v) is 4.37. The Kier molecular flexibility index (Phi) is 5.61. The summed E-state index contributed by atoms with van der Waals surface area (Å²) in [5.41, 5.74) is 0.301. The third-order valence-electron chi connectivity index (χ3n) is 3.13. The summed E-state index contributed by atoms with van der Waals surface area (Å²) < 4.78 is 39.4. The number of aromatic nitrogens is 2. The quantitative estimate of drug-likeness (QED) is 0.575. The highest BCUT2D eigenvalue weighted by Gasteiger charge is 2.22. The van der Waals surface area contributed by atoms with Gasteiger partial charge in [0, 0.05) is 10.7 Å². The number of amides is 1. The lowest BCUT2D eigenvalue weighted by atomic mass is 10.2. The summed E-state index contributed by atoms with van der Waals surface area (Å²) in [4.78, 5) is 12.2. The van der Waals surface area contributed by atoms with Gasteiger partial charge in [0.25, 0.3) is 20.3 Å². The SMILES string of the molecule is O=C(Nc1nnc(S(=O)(=O)Nc2ccc(F)cc2)s1)c1ccc(Cl)cc1Cl. The highest BCUT2D eigenvalue weighted by atomic mass is 35.5. The van der Waals surface area contributed by atoms with E-state index in [0.717, 1.165) is 12.1 Å². The van der Waals surface area contributed by atoms with Crippen LogP contribution in [0.3, 0.4) is 0 Å². The predicted octanol–water partition coefficient (Wildman–Crippen LogP) is 4.04. The first-order valence-corrected chi connectivity index (χ1v) is 10.2. The molecule has 1 amide bonds. The molecule has 0 aliphatic carbocycles. The molecule has 3 aromatic rings. The van der Waals surface area contributed by atoms with E-state index in [9.17, 15) is 17.6 Å². The van der Waals surface area contributed by atoms with Crippen molar-refractivity contribution in [2.24, 2.45) is 0 Å². The Morgan fingerprint density at radius 1 is 1.07 bits per heavy atom. The van der Waals surface area contributed by atoms with Crippen LogP contribution < -0.4 is 10.0 Å². The number of nitrogens with one attached hydrogen (secondary N) is 2. The normalized spacial score (nSPS) is 11.2. The average Bonchev–Trinajstić information content (AvgIpc) is 3.06. The van der Waals surface area contributed by atoms with Crippen molar-refractivity contribution in [1.82, 2.24) is 10.2 Å². The van der Waals surface area contributed by atoms with E-state index in [-0.39, 0.29) is 25.7 Å². The number of hydrogen-bond acceptors (Lipinski definition) is 6. The lowest BCUT2D eigenvalue weighted by Crippen LogP contribution is -2.12. The van der Waals surface area contributed by atoms with Gasteiger partial charge in [-0.25, -0.2) is 4.39 Å². The molecule has 1 heterocycles. The number of carbonyl (C=O) groups excluding carboxylic acids is 1. The Morgan fingerprint density at radius 2 is 1.78 bits per heavy atom. The zero-order valence-electron chi connectivity index (χ0n) is 13.1. The van der Waals surface area contributed by atoms with Gasteiger partial charge in [-0.15, -0.1) is 10.2 Å². The van der Waals surface area contributed by atoms with Crippen LogP contribution in [0.1, 0.15) is 10.4 Å². The Hall–Kier alpha value is -2.27. The second kappa shape index (κ2) is 7.77. The molecule has 0 radical (unpaired) electrons. The monoisotopic (exact) mass is 446 g/mol. The van der Waals surface area contributed by atoms with E-state index in [0.29, 0.717) is 16.4 Å².